The first-order chi connectivity index (χ1) is 11.8. The van der Waals surface area contributed by atoms with Gasteiger partial charge in [0.1, 0.15) is 13.2 Å². The minimum Gasteiger partial charge on any atom is -0.486 e. The number of benzene rings is 2. The van der Waals surface area contributed by atoms with E-state index < -0.39 is 11.7 Å². The molecule has 0 aromatic heterocycles. The van der Waals surface area contributed by atoms with Gasteiger partial charge in [0.2, 0.25) is 0 Å². The standard InChI is InChI=1S/C18H16F3NO3/c1-22(11-12-2-5-14(6-3-12)18(19,20)21)17(23)13-4-7-15-16(10-13)25-9-8-24-15/h2-7,10H,8-9,11H2,1H3. The van der Waals surface area contributed by atoms with E-state index in [0.29, 0.717) is 35.8 Å². The van der Waals surface area contributed by atoms with Crippen LogP contribution in [0, 0.1) is 0 Å². The Hall–Kier alpha value is -2.70. The molecule has 0 saturated carbocycles. The minimum atomic E-state index is -4.37. The van der Waals surface area contributed by atoms with Crippen molar-refractivity contribution in [2.75, 3.05) is 20.3 Å². The molecule has 0 N–H and O–H groups in total. The Morgan fingerprint density at radius 1 is 1.04 bits per heavy atom. The van der Waals surface area contributed by atoms with E-state index in [-0.39, 0.29) is 12.5 Å². The van der Waals surface area contributed by atoms with Gasteiger partial charge in [0.15, 0.2) is 11.5 Å². The number of fused-ring (bicyclic) bond motifs is 1. The number of alkyl halides is 3. The second-order valence-corrected chi connectivity index (χ2v) is 5.71. The molecule has 3 rings (SSSR count). The SMILES string of the molecule is CN(Cc1ccc(C(F)(F)F)cc1)C(=O)c1ccc2c(c1)OCCO2. The average molecular weight is 351 g/mol. The zero-order chi connectivity index (χ0) is 18.0. The maximum atomic E-state index is 12.6. The summed E-state index contributed by atoms with van der Waals surface area (Å²) < 4.78 is 48.6. The first kappa shape index (κ1) is 17.1. The fourth-order valence-electron chi connectivity index (χ4n) is 2.54. The molecule has 1 amide bonds. The number of rotatable bonds is 3. The third kappa shape index (κ3) is 3.87. The highest BCUT2D eigenvalue weighted by atomic mass is 19.4. The number of hydrogen-bond donors (Lipinski definition) is 0. The molecule has 0 unspecified atom stereocenters. The lowest BCUT2D eigenvalue weighted by atomic mass is 10.1. The Kier molecular flexibility index (Phi) is 4.57. The number of halogens is 3. The highest BCUT2D eigenvalue weighted by Gasteiger charge is 2.30. The third-order valence-corrected chi connectivity index (χ3v) is 3.84. The fourth-order valence-corrected chi connectivity index (χ4v) is 2.54. The molecule has 2 aromatic rings. The molecule has 2 aromatic carbocycles. The van der Waals surface area contributed by atoms with Crippen molar-refractivity contribution >= 4 is 5.91 Å². The van der Waals surface area contributed by atoms with Crippen LogP contribution in [-0.2, 0) is 12.7 Å². The molecule has 0 spiro atoms. The van der Waals surface area contributed by atoms with Crippen molar-refractivity contribution in [2.45, 2.75) is 12.7 Å². The van der Waals surface area contributed by atoms with Crippen LogP contribution in [0.15, 0.2) is 42.5 Å². The highest BCUT2D eigenvalue weighted by Crippen LogP contribution is 2.31. The van der Waals surface area contributed by atoms with Gasteiger partial charge in [0.05, 0.1) is 5.56 Å². The molecule has 7 heteroatoms. The summed E-state index contributed by atoms with van der Waals surface area (Å²) in [4.78, 5) is 13.9. The van der Waals surface area contributed by atoms with Crippen molar-refractivity contribution in [3.05, 3.63) is 59.2 Å². The Morgan fingerprint density at radius 2 is 1.68 bits per heavy atom. The second kappa shape index (κ2) is 6.66. The number of hydrogen-bond acceptors (Lipinski definition) is 3. The summed E-state index contributed by atoms with van der Waals surface area (Å²) in [6.45, 7) is 1.09. The highest BCUT2D eigenvalue weighted by molar-refractivity contribution is 5.94. The van der Waals surface area contributed by atoms with Crippen molar-refractivity contribution in [3.63, 3.8) is 0 Å². The van der Waals surface area contributed by atoms with Gasteiger partial charge in [-0.25, -0.2) is 0 Å². The van der Waals surface area contributed by atoms with Crippen LogP contribution in [0.4, 0.5) is 13.2 Å². The van der Waals surface area contributed by atoms with Gasteiger partial charge in [0, 0.05) is 19.2 Å². The molecule has 1 aliphatic rings. The molecule has 0 aliphatic carbocycles. The summed E-state index contributed by atoms with van der Waals surface area (Å²) in [6, 6.07) is 9.69. The lowest BCUT2D eigenvalue weighted by Gasteiger charge is -2.21. The van der Waals surface area contributed by atoms with Crippen LogP contribution in [-0.4, -0.2) is 31.1 Å². The van der Waals surface area contributed by atoms with E-state index in [0.717, 1.165) is 12.1 Å². The number of nitrogens with zero attached hydrogens (tertiary/aromatic N) is 1. The van der Waals surface area contributed by atoms with Gasteiger partial charge in [-0.1, -0.05) is 12.1 Å². The molecule has 4 nitrogen and oxygen atoms in total. The van der Waals surface area contributed by atoms with Gasteiger partial charge >= 0.3 is 6.18 Å². The maximum Gasteiger partial charge on any atom is 0.416 e. The topological polar surface area (TPSA) is 38.8 Å². The molecule has 1 heterocycles. The normalized spacial score (nSPS) is 13.4. The lowest BCUT2D eigenvalue weighted by Crippen LogP contribution is -2.26. The molecule has 0 bridgehead atoms. The van der Waals surface area contributed by atoms with Gasteiger partial charge in [-0.2, -0.15) is 13.2 Å². The van der Waals surface area contributed by atoms with Crippen LogP contribution in [0.2, 0.25) is 0 Å². The van der Waals surface area contributed by atoms with Gasteiger partial charge < -0.3 is 14.4 Å². The van der Waals surface area contributed by atoms with E-state index in [1.54, 1.807) is 25.2 Å². The quantitative estimate of drug-likeness (QED) is 0.845. The van der Waals surface area contributed by atoms with Crippen molar-refractivity contribution < 1.29 is 27.4 Å². The van der Waals surface area contributed by atoms with Crippen molar-refractivity contribution in [3.8, 4) is 11.5 Å². The summed E-state index contributed by atoms with van der Waals surface area (Å²) >= 11 is 0. The van der Waals surface area contributed by atoms with E-state index in [1.807, 2.05) is 0 Å². The molecule has 0 fully saturated rings. The monoisotopic (exact) mass is 351 g/mol. The first-order valence-electron chi connectivity index (χ1n) is 7.66. The van der Waals surface area contributed by atoms with Crippen LogP contribution in [0.5, 0.6) is 11.5 Å². The van der Waals surface area contributed by atoms with E-state index in [4.69, 9.17) is 9.47 Å². The predicted octanol–water partition coefficient (Wildman–Crippen LogP) is 3.75. The molecule has 25 heavy (non-hydrogen) atoms. The van der Waals surface area contributed by atoms with Crippen LogP contribution < -0.4 is 9.47 Å². The smallest absolute Gasteiger partial charge is 0.416 e. The summed E-state index contributed by atoms with van der Waals surface area (Å²) in [6.07, 6.45) is -4.37. The zero-order valence-corrected chi connectivity index (χ0v) is 13.5. The van der Waals surface area contributed by atoms with Crippen molar-refractivity contribution in [1.82, 2.24) is 4.90 Å². The van der Waals surface area contributed by atoms with Crippen molar-refractivity contribution in [1.29, 1.82) is 0 Å². The number of ether oxygens (including phenoxy) is 2. The van der Waals surface area contributed by atoms with Crippen LogP contribution >= 0.6 is 0 Å². The summed E-state index contributed by atoms with van der Waals surface area (Å²) in [5, 5.41) is 0. The van der Waals surface area contributed by atoms with Gasteiger partial charge in [-0.15, -0.1) is 0 Å². The van der Waals surface area contributed by atoms with Crippen LogP contribution in [0.1, 0.15) is 21.5 Å². The Bertz CT molecular complexity index is 772. The van der Waals surface area contributed by atoms with E-state index in [1.165, 1.54) is 17.0 Å². The van der Waals surface area contributed by atoms with E-state index >= 15 is 0 Å². The van der Waals surface area contributed by atoms with Crippen LogP contribution in [0.25, 0.3) is 0 Å². The minimum absolute atomic E-state index is 0.200. The molecule has 1 aliphatic heterocycles. The third-order valence-electron chi connectivity index (χ3n) is 3.84. The number of carbonyl (C=O) groups is 1. The molecular formula is C18H16F3NO3. The number of amides is 1. The summed E-state index contributed by atoms with van der Waals surface area (Å²) in [7, 11) is 1.59. The van der Waals surface area contributed by atoms with Crippen molar-refractivity contribution in [2.24, 2.45) is 0 Å². The molecule has 0 radical (unpaired) electrons. The van der Waals surface area contributed by atoms with Gasteiger partial charge in [-0.05, 0) is 35.9 Å². The van der Waals surface area contributed by atoms with Crippen LogP contribution in [0.3, 0.4) is 0 Å². The second-order valence-electron chi connectivity index (χ2n) is 5.71. The molecule has 0 saturated heterocycles. The predicted molar refractivity (Wildman–Crippen MR) is 84.7 cm³/mol. The summed E-state index contributed by atoms with van der Waals surface area (Å²) in [5.41, 5.74) is 0.331. The zero-order valence-electron chi connectivity index (χ0n) is 13.5. The molecule has 132 valence electrons. The fraction of sp³-hybridized carbons (Fsp3) is 0.278. The first-order valence-corrected chi connectivity index (χ1v) is 7.66. The summed E-state index contributed by atoms with van der Waals surface area (Å²) in [5.74, 6) is 0.852. The molecular weight excluding hydrogens is 335 g/mol. The Morgan fingerprint density at radius 3 is 2.32 bits per heavy atom. The maximum absolute atomic E-state index is 12.6. The average Bonchev–Trinajstić information content (AvgIpc) is 2.60. The Balaban J connectivity index is 1.70. The largest absolute Gasteiger partial charge is 0.486 e. The Labute approximate surface area is 142 Å². The lowest BCUT2D eigenvalue weighted by molar-refractivity contribution is -0.137. The van der Waals surface area contributed by atoms with Gasteiger partial charge in [0.25, 0.3) is 5.91 Å². The van der Waals surface area contributed by atoms with Gasteiger partial charge in [-0.3, -0.25) is 4.79 Å². The van der Waals surface area contributed by atoms with E-state index in [9.17, 15) is 18.0 Å². The number of carbonyl (C=O) groups excluding carboxylic acids is 1. The van der Waals surface area contributed by atoms with E-state index in [2.05, 4.69) is 0 Å². The molecule has 0 atom stereocenters.